The van der Waals surface area contributed by atoms with Crippen molar-refractivity contribution in [2.75, 3.05) is 20.1 Å². The van der Waals surface area contributed by atoms with E-state index in [1.54, 1.807) is 27.0 Å². The van der Waals surface area contributed by atoms with Gasteiger partial charge in [0.05, 0.1) is 4.90 Å². The number of nitrogens with one attached hydrogen (secondary N) is 2. The largest absolute Gasteiger partial charge is 0.351 e. The van der Waals surface area contributed by atoms with E-state index in [0.29, 0.717) is 29.8 Å². The average Bonchev–Trinajstić information content (AvgIpc) is 2.31. The molecule has 4 N–H and O–H groups in total. The summed E-state index contributed by atoms with van der Waals surface area (Å²) in [5.74, 6) is -0.316. The maximum atomic E-state index is 11.9. The predicted molar refractivity (Wildman–Crippen MR) is 80.8 cm³/mol. The molecule has 0 radical (unpaired) electrons. The fourth-order valence-corrected chi connectivity index (χ4v) is 2.54. The van der Waals surface area contributed by atoms with Crippen molar-refractivity contribution in [3.8, 4) is 0 Å². The Balaban J connectivity index is 0.00000361. The molecule has 0 atom stereocenters. The van der Waals surface area contributed by atoms with Gasteiger partial charge in [-0.05, 0) is 44.2 Å². The van der Waals surface area contributed by atoms with E-state index in [-0.39, 0.29) is 23.2 Å². The quantitative estimate of drug-likeness (QED) is 0.680. The number of likely N-dealkylation sites (N-methyl/N-ethyl adjacent to an activating group) is 1. The Labute approximate surface area is 125 Å². The monoisotopic (exact) mass is 321 g/mol. The lowest BCUT2D eigenvalue weighted by molar-refractivity contribution is 0.0954. The van der Waals surface area contributed by atoms with Gasteiger partial charge in [-0.1, -0.05) is 0 Å². The summed E-state index contributed by atoms with van der Waals surface area (Å²) < 4.78 is 23.0. The van der Waals surface area contributed by atoms with Crippen molar-refractivity contribution < 1.29 is 13.2 Å². The maximum absolute atomic E-state index is 11.9. The lowest BCUT2D eigenvalue weighted by Gasteiger charge is -2.11. The highest BCUT2D eigenvalue weighted by Crippen LogP contribution is 2.19. The number of amides is 1. The van der Waals surface area contributed by atoms with Gasteiger partial charge < -0.3 is 10.6 Å². The highest BCUT2D eigenvalue weighted by atomic mass is 35.5. The number of sulfonamides is 1. The minimum Gasteiger partial charge on any atom is -0.351 e. The average molecular weight is 322 g/mol. The van der Waals surface area contributed by atoms with Crippen molar-refractivity contribution in [3.63, 3.8) is 0 Å². The Kier molecular flexibility index (Phi) is 7.15. The Hall–Kier alpha value is -1.15. The van der Waals surface area contributed by atoms with Gasteiger partial charge in [0.2, 0.25) is 10.0 Å². The summed E-state index contributed by atoms with van der Waals surface area (Å²) in [6, 6.07) is 2.96. The van der Waals surface area contributed by atoms with Crippen molar-refractivity contribution >= 4 is 28.3 Å². The Bertz CT molecular complexity index is 588. The first-order chi connectivity index (χ1) is 8.77. The van der Waals surface area contributed by atoms with Gasteiger partial charge >= 0.3 is 0 Å². The summed E-state index contributed by atoms with van der Waals surface area (Å²) in [4.78, 5) is 11.9. The third-order valence-corrected chi connectivity index (χ3v) is 3.89. The van der Waals surface area contributed by atoms with Gasteiger partial charge in [-0.3, -0.25) is 4.79 Å². The Morgan fingerprint density at radius 3 is 2.35 bits per heavy atom. The number of carbonyl (C=O) groups is 1. The third kappa shape index (κ3) is 4.75. The molecule has 0 fully saturated rings. The molecule has 1 rings (SSSR count). The van der Waals surface area contributed by atoms with E-state index in [2.05, 4.69) is 10.6 Å². The Morgan fingerprint density at radius 1 is 1.25 bits per heavy atom. The minimum absolute atomic E-state index is 0. The first-order valence-electron chi connectivity index (χ1n) is 5.84. The molecular weight excluding hydrogens is 302 g/mol. The molecule has 0 saturated carbocycles. The molecule has 0 aliphatic heterocycles. The Morgan fingerprint density at radius 2 is 1.85 bits per heavy atom. The van der Waals surface area contributed by atoms with Gasteiger partial charge in [0.1, 0.15) is 0 Å². The molecule has 6 nitrogen and oxygen atoms in total. The van der Waals surface area contributed by atoms with Crippen LogP contribution >= 0.6 is 12.4 Å². The van der Waals surface area contributed by atoms with Crippen LogP contribution in [-0.2, 0) is 10.0 Å². The second-order valence-electron chi connectivity index (χ2n) is 4.32. The van der Waals surface area contributed by atoms with Gasteiger partial charge in [0, 0.05) is 18.7 Å². The number of hydrogen-bond donors (Lipinski definition) is 3. The molecule has 0 heterocycles. The number of carbonyl (C=O) groups excluding carboxylic acids is 1. The standard InChI is InChI=1S/C12H19N3O3S.ClH/c1-8-6-10(12(16)15-5-4-14-3)7-11(9(8)2)19(13,17)18;/h6-7,14H,4-5H2,1-3H3,(H,15,16)(H2,13,17,18);1H. The smallest absolute Gasteiger partial charge is 0.251 e. The van der Waals surface area contributed by atoms with Gasteiger partial charge in [-0.2, -0.15) is 0 Å². The van der Waals surface area contributed by atoms with Crippen LogP contribution in [0.3, 0.4) is 0 Å². The van der Waals surface area contributed by atoms with Crippen LogP contribution in [0.1, 0.15) is 21.5 Å². The van der Waals surface area contributed by atoms with Crippen LogP contribution in [-0.4, -0.2) is 34.5 Å². The zero-order valence-electron chi connectivity index (χ0n) is 11.7. The maximum Gasteiger partial charge on any atom is 0.251 e. The van der Waals surface area contributed by atoms with E-state index in [9.17, 15) is 13.2 Å². The predicted octanol–water partition coefficient (Wildman–Crippen LogP) is 0.322. The lowest BCUT2D eigenvalue weighted by atomic mass is 10.1. The molecule has 1 amide bonds. The van der Waals surface area contributed by atoms with Crippen molar-refractivity contribution in [3.05, 3.63) is 28.8 Å². The first-order valence-corrected chi connectivity index (χ1v) is 7.39. The zero-order valence-corrected chi connectivity index (χ0v) is 13.3. The molecule has 20 heavy (non-hydrogen) atoms. The van der Waals surface area contributed by atoms with Gasteiger partial charge in [0.15, 0.2) is 0 Å². The fraction of sp³-hybridized carbons (Fsp3) is 0.417. The summed E-state index contributed by atoms with van der Waals surface area (Å²) in [6.07, 6.45) is 0. The molecule has 0 aliphatic carbocycles. The highest BCUT2D eigenvalue weighted by Gasteiger charge is 2.17. The number of benzene rings is 1. The number of halogens is 1. The highest BCUT2D eigenvalue weighted by molar-refractivity contribution is 7.89. The van der Waals surface area contributed by atoms with E-state index < -0.39 is 10.0 Å². The second kappa shape index (κ2) is 7.58. The van der Waals surface area contributed by atoms with Crippen molar-refractivity contribution in [2.45, 2.75) is 18.7 Å². The molecule has 0 aliphatic rings. The van der Waals surface area contributed by atoms with Gasteiger partial charge in [-0.15, -0.1) is 12.4 Å². The van der Waals surface area contributed by atoms with Crippen LogP contribution in [0, 0.1) is 13.8 Å². The minimum atomic E-state index is -3.83. The number of primary sulfonamides is 1. The molecule has 0 saturated heterocycles. The summed E-state index contributed by atoms with van der Waals surface area (Å²) in [6.45, 7) is 4.51. The molecule has 8 heteroatoms. The summed E-state index contributed by atoms with van der Waals surface area (Å²) in [7, 11) is -2.05. The molecule has 0 aromatic heterocycles. The van der Waals surface area contributed by atoms with E-state index in [1.807, 2.05) is 0 Å². The number of rotatable bonds is 5. The molecule has 0 unspecified atom stereocenters. The number of nitrogens with two attached hydrogens (primary N) is 1. The number of aryl methyl sites for hydroxylation is 1. The molecular formula is C12H20ClN3O3S. The first kappa shape index (κ1) is 18.9. The van der Waals surface area contributed by atoms with E-state index in [0.717, 1.165) is 0 Å². The van der Waals surface area contributed by atoms with E-state index in [4.69, 9.17) is 5.14 Å². The van der Waals surface area contributed by atoms with Gasteiger partial charge in [-0.25, -0.2) is 13.6 Å². The summed E-state index contributed by atoms with van der Waals surface area (Å²) in [5.41, 5.74) is 1.57. The van der Waals surface area contributed by atoms with E-state index in [1.165, 1.54) is 6.07 Å². The molecule has 1 aromatic carbocycles. The van der Waals surface area contributed by atoms with Crippen molar-refractivity contribution in [1.29, 1.82) is 0 Å². The van der Waals surface area contributed by atoms with Crippen LogP contribution in [0.2, 0.25) is 0 Å². The lowest BCUT2D eigenvalue weighted by Crippen LogP contribution is -2.30. The van der Waals surface area contributed by atoms with Crippen LogP contribution in [0.25, 0.3) is 0 Å². The van der Waals surface area contributed by atoms with Crippen LogP contribution in [0.4, 0.5) is 0 Å². The van der Waals surface area contributed by atoms with Gasteiger partial charge in [0.25, 0.3) is 5.91 Å². The SMILES string of the molecule is CNCCNC(=O)c1cc(C)c(C)c(S(N)(=O)=O)c1.Cl. The molecule has 0 spiro atoms. The van der Waals surface area contributed by atoms with Crippen molar-refractivity contribution in [1.82, 2.24) is 10.6 Å². The molecule has 1 aromatic rings. The molecule has 114 valence electrons. The van der Waals surface area contributed by atoms with Crippen LogP contribution in [0.15, 0.2) is 17.0 Å². The van der Waals surface area contributed by atoms with Crippen molar-refractivity contribution in [2.24, 2.45) is 5.14 Å². The zero-order chi connectivity index (χ0) is 14.6. The normalized spacial score (nSPS) is 10.8. The summed E-state index contributed by atoms with van der Waals surface area (Å²) in [5, 5.41) is 10.7. The van der Waals surface area contributed by atoms with E-state index >= 15 is 0 Å². The van der Waals surface area contributed by atoms with Crippen LogP contribution in [0.5, 0.6) is 0 Å². The second-order valence-corrected chi connectivity index (χ2v) is 5.85. The fourth-order valence-electron chi connectivity index (χ4n) is 1.66. The third-order valence-electron chi connectivity index (χ3n) is 2.85. The van der Waals surface area contributed by atoms with Crippen LogP contribution < -0.4 is 15.8 Å². The number of hydrogen-bond acceptors (Lipinski definition) is 4. The summed E-state index contributed by atoms with van der Waals surface area (Å²) >= 11 is 0. The molecule has 0 bridgehead atoms. The topological polar surface area (TPSA) is 101 Å².